The molecule has 0 bridgehead atoms. The third-order valence-corrected chi connectivity index (χ3v) is 2.61. The second kappa shape index (κ2) is 3.32. The normalized spacial score (nSPS) is 13.0. The molecule has 60 valence electrons. The highest BCUT2D eigenvalue weighted by atomic mass is 35.7. The van der Waals surface area contributed by atoms with Gasteiger partial charge in [0.2, 0.25) is 0 Å². The molecule has 0 heterocycles. The Morgan fingerprint density at radius 2 is 2.18 bits per heavy atom. The smallest absolute Gasteiger partial charge is 0.147 e. The standard InChI is InChI=1S/C7H6ClFOS/c1-5-2-3-6(9)4-7(5)11(8)10/h2-4H,1H3. The van der Waals surface area contributed by atoms with Crippen molar-refractivity contribution in [3.8, 4) is 0 Å². The van der Waals surface area contributed by atoms with Crippen molar-refractivity contribution >= 4 is 20.7 Å². The molecule has 0 saturated carbocycles. The van der Waals surface area contributed by atoms with Crippen molar-refractivity contribution in [2.75, 3.05) is 0 Å². The van der Waals surface area contributed by atoms with Crippen LogP contribution in [0.2, 0.25) is 0 Å². The zero-order valence-corrected chi connectivity index (χ0v) is 7.38. The van der Waals surface area contributed by atoms with Gasteiger partial charge in [-0.3, -0.25) is 0 Å². The number of benzene rings is 1. The fourth-order valence-corrected chi connectivity index (χ4v) is 1.77. The minimum atomic E-state index is -1.62. The lowest BCUT2D eigenvalue weighted by molar-refractivity contribution is 0.622. The second-order valence-corrected chi connectivity index (χ2v) is 3.86. The molecule has 1 unspecified atom stereocenters. The molecular weight excluding hydrogens is 187 g/mol. The van der Waals surface area contributed by atoms with E-state index >= 15 is 0 Å². The van der Waals surface area contributed by atoms with E-state index in [1.165, 1.54) is 12.1 Å². The van der Waals surface area contributed by atoms with Gasteiger partial charge in [-0.1, -0.05) is 6.07 Å². The van der Waals surface area contributed by atoms with Crippen LogP contribution < -0.4 is 0 Å². The van der Waals surface area contributed by atoms with Crippen LogP contribution in [0.25, 0.3) is 0 Å². The molecular formula is C7H6ClFOS. The first kappa shape index (κ1) is 8.68. The number of hydrogen-bond acceptors (Lipinski definition) is 1. The van der Waals surface area contributed by atoms with Crippen LogP contribution in [0.5, 0.6) is 0 Å². The molecule has 0 saturated heterocycles. The summed E-state index contributed by atoms with van der Waals surface area (Å²) in [5.74, 6) is -0.417. The van der Waals surface area contributed by atoms with Gasteiger partial charge in [0.15, 0.2) is 0 Å². The van der Waals surface area contributed by atoms with Crippen LogP contribution in [0, 0.1) is 12.7 Å². The summed E-state index contributed by atoms with van der Waals surface area (Å²) in [4.78, 5) is 0.340. The van der Waals surface area contributed by atoms with Gasteiger partial charge in [0, 0.05) is 0 Å². The summed E-state index contributed by atoms with van der Waals surface area (Å²) in [7, 11) is 3.67. The Balaban J connectivity index is 3.23. The van der Waals surface area contributed by atoms with E-state index < -0.39 is 15.8 Å². The second-order valence-electron chi connectivity index (χ2n) is 2.13. The molecule has 0 aliphatic heterocycles. The molecule has 0 aliphatic rings. The third kappa shape index (κ3) is 2.01. The molecule has 1 rings (SSSR count). The van der Waals surface area contributed by atoms with E-state index in [1.807, 2.05) is 0 Å². The summed E-state index contributed by atoms with van der Waals surface area (Å²) in [6, 6.07) is 4.03. The van der Waals surface area contributed by atoms with Crippen LogP contribution in [0.3, 0.4) is 0 Å². The van der Waals surface area contributed by atoms with E-state index in [0.717, 1.165) is 5.56 Å². The van der Waals surface area contributed by atoms with E-state index in [0.29, 0.717) is 4.90 Å². The fraction of sp³-hybridized carbons (Fsp3) is 0.143. The summed E-state index contributed by atoms with van der Waals surface area (Å²) in [6.45, 7) is 1.73. The van der Waals surface area contributed by atoms with E-state index in [2.05, 4.69) is 0 Å². The molecule has 1 nitrogen and oxygen atoms in total. The molecule has 0 spiro atoms. The SMILES string of the molecule is Cc1ccc(F)cc1S(=O)Cl. The quantitative estimate of drug-likeness (QED) is 0.625. The van der Waals surface area contributed by atoms with Crippen LogP contribution >= 0.6 is 10.7 Å². The largest absolute Gasteiger partial charge is 0.237 e. The third-order valence-electron chi connectivity index (χ3n) is 1.32. The highest BCUT2D eigenvalue weighted by Gasteiger charge is 2.04. The summed E-state index contributed by atoms with van der Waals surface area (Å²) in [6.07, 6.45) is 0. The van der Waals surface area contributed by atoms with Crippen molar-refractivity contribution < 1.29 is 8.60 Å². The number of rotatable bonds is 1. The highest BCUT2D eigenvalue weighted by Crippen LogP contribution is 2.16. The Labute approximate surface area is 71.1 Å². The van der Waals surface area contributed by atoms with Gasteiger partial charge in [-0.25, -0.2) is 8.60 Å². The molecule has 0 amide bonds. The van der Waals surface area contributed by atoms with Gasteiger partial charge in [0.1, 0.15) is 15.8 Å². The van der Waals surface area contributed by atoms with Crippen molar-refractivity contribution in [3.63, 3.8) is 0 Å². The maximum absolute atomic E-state index is 12.5. The first-order chi connectivity index (χ1) is 5.11. The number of aryl methyl sites for hydroxylation is 1. The van der Waals surface area contributed by atoms with E-state index in [-0.39, 0.29) is 0 Å². The van der Waals surface area contributed by atoms with Crippen LogP contribution in [-0.4, -0.2) is 4.21 Å². The Bertz CT molecular complexity index is 300. The van der Waals surface area contributed by atoms with Crippen LogP contribution in [0.1, 0.15) is 5.56 Å². The molecule has 0 N–H and O–H groups in total. The van der Waals surface area contributed by atoms with Crippen LogP contribution in [-0.2, 0) is 10.0 Å². The Kier molecular flexibility index (Phi) is 2.62. The lowest BCUT2D eigenvalue weighted by Crippen LogP contribution is -1.88. The van der Waals surface area contributed by atoms with Gasteiger partial charge in [-0.15, -0.1) is 0 Å². The Morgan fingerprint density at radius 1 is 1.55 bits per heavy atom. The van der Waals surface area contributed by atoms with Crippen molar-refractivity contribution in [2.24, 2.45) is 0 Å². The minimum absolute atomic E-state index is 0.340. The van der Waals surface area contributed by atoms with E-state index in [4.69, 9.17) is 10.7 Å². The topological polar surface area (TPSA) is 17.1 Å². The number of halogens is 2. The van der Waals surface area contributed by atoms with Crippen LogP contribution in [0.15, 0.2) is 23.1 Å². The molecule has 1 atom stereocenters. The van der Waals surface area contributed by atoms with Gasteiger partial charge in [0.25, 0.3) is 0 Å². The van der Waals surface area contributed by atoms with Gasteiger partial charge in [-0.2, -0.15) is 0 Å². The summed E-state index contributed by atoms with van der Waals surface area (Å²) >= 11 is 0. The fourth-order valence-electron chi connectivity index (χ4n) is 0.747. The van der Waals surface area contributed by atoms with Crippen molar-refractivity contribution in [2.45, 2.75) is 11.8 Å². The maximum Gasteiger partial charge on any atom is 0.147 e. The lowest BCUT2D eigenvalue weighted by atomic mass is 10.2. The molecule has 4 heteroatoms. The van der Waals surface area contributed by atoms with E-state index in [1.54, 1.807) is 13.0 Å². The summed E-state index contributed by atoms with van der Waals surface area (Å²) < 4.78 is 23.2. The molecule has 0 radical (unpaired) electrons. The van der Waals surface area contributed by atoms with Crippen molar-refractivity contribution in [1.29, 1.82) is 0 Å². The number of hydrogen-bond donors (Lipinski definition) is 0. The van der Waals surface area contributed by atoms with Gasteiger partial charge in [0.05, 0.1) is 4.90 Å². The maximum atomic E-state index is 12.5. The molecule has 11 heavy (non-hydrogen) atoms. The average Bonchev–Trinajstić information content (AvgIpc) is 1.94. The Hall–Kier alpha value is -0.410. The lowest BCUT2D eigenvalue weighted by Gasteiger charge is -1.98. The Morgan fingerprint density at radius 3 is 2.64 bits per heavy atom. The van der Waals surface area contributed by atoms with Crippen molar-refractivity contribution in [1.82, 2.24) is 0 Å². The minimum Gasteiger partial charge on any atom is -0.237 e. The molecule has 0 fully saturated rings. The summed E-state index contributed by atoms with van der Waals surface area (Å²) in [5, 5.41) is 0. The summed E-state index contributed by atoms with van der Waals surface area (Å²) in [5.41, 5.74) is 0.736. The van der Waals surface area contributed by atoms with E-state index in [9.17, 15) is 8.60 Å². The predicted molar refractivity (Wildman–Crippen MR) is 43.4 cm³/mol. The van der Waals surface area contributed by atoms with Crippen LogP contribution in [0.4, 0.5) is 4.39 Å². The zero-order valence-electron chi connectivity index (χ0n) is 5.80. The molecule has 1 aromatic rings. The highest BCUT2D eigenvalue weighted by molar-refractivity contribution is 8.08. The van der Waals surface area contributed by atoms with Gasteiger partial charge >= 0.3 is 0 Å². The van der Waals surface area contributed by atoms with Crippen molar-refractivity contribution in [3.05, 3.63) is 29.6 Å². The van der Waals surface area contributed by atoms with Gasteiger partial charge < -0.3 is 0 Å². The molecule has 0 aromatic heterocycles. The zero-order chi connectivity index (χ0) is 8.43. The first-order valence-electron chi connectivity index (χ1n) is 2.95. The molecule has 0 aliphatic carbocycles. The molecule has 1 aromatic carbocycles. The predicted octanol–water partition coefficient (Wildman–Crippen LogP) is 2.40. The first-order valence-corrected chi connectivity index (χ1v) is 4.93. The van der Waals surface area contributed by atoms with Gasteiger partial charge in [-0.05, 0) is 35.3 Å². The average molecular weight is 193 g/mol. The monoisotopic (exact) mass is 192 g/mol.